The highest BCUT2D eigenvalue weighted by molar-refractivity contribution is 7.85. The quantitative estimate of drug-likeness (QED) is 0.585. The van der Waals surface area contributed by atoms with Gasteiger partial charge in [0.15, 0.2) is 0 Å². The second-order valence-electron chi connectivity index (χ2n) is 1.49. The van der Waals surface area contributed by atoms with Crippen molar-refractivity contribution in [2.24, 2.45) is 0 Å². The summed E-state index contributed by atoms with van der Waals surface area (Å²) < 4.78 is 7.25. The molecule has 0 aliphatic carbocycles. The SMILES string of the molecule is CCCS(=N)CC. The van der Waals surface area contributed by atoms with Crippen molar-refractivity contribution in [3.05, 3.63) is 0 Å². The minimum atomic E-state index is -0.0270. The van der Waals surface area contributed by atoms with Crippen molar-refractivity contribution >= 4 is 10.7 Å². The van der Waals surface area contributed by atoms with E-state index in [9.17, 15) is 0 Å². The Bertz CT molecular complexity index is 61.1. The molecule has 0 aliphatic heterocycles. The highest BCUT2D eigenvalue weighted by Crippen LogP contribution is 1.85. The van der Waals surface area contributed by atoms with E-state index in [1.807, 2.05) is 0 Å². The van der Waals surface area contributed by atoms with Crippen molar-refractivity contribution < 1.29 is 0 Å². The average Bonchev–Trinajstić information content (AvgIpc) is 1.68. The number of hydrogen-bond acceptors (Lipinski definition) is 1. The molecule has 1 atom stereocenters. The fraction of sp³-hybridized carbons (Fsp3) is 1.00. The molecule has 0 saturated heterocycles. The van der Waals surface area contributed by atoms with E-state index in [1.54, 1.807) is 0 Å². The molecule has 2 heteroatoms. The summed E-state index contributed by atoms with van der Waals surface area (Å²) in [5.74, 6) is 2.13. The molecule has 1 nitrogen and oxygen atoms in total. The molecule has 0 heterocycles. The van der Waals surface area contributed by atoms with Crippen LogP contribution in [-0.2, 0) is 10.7 Å². The summed E-state index contributed by atoms with van der Waals surface area (Å²) in [5, 5.41) is 0. The van der Waals surface area contributed by atoms with E-state index >= 15 is 0 Å². The molecular formula is C5H13NS. The van der Waals surface area contributed by atoms with E-state index in [0.29, 0.717) is 0 Å². The highest BCUT2D eigenvalue weighted by atomic mass is 32.2. The van der Waals surface area contributed by atoms with E-state index in [4.69, 9.17) is 4.78 Å². The lowest BCUT2D eigenvalue weighted by atomic mass is 10.6. The van der Waals surface area contributed by atoms with Crippen molar-refractivity contribution in [1.82, 2.24) is 0 Å². The molecule has 0 radical (unpaired) electrons. The largest absolute Gasteiger partial charge is 0.280 e. The van der Waals surface area contributed by atoms with Crippen molar-refractivity contribution in [2.45, 2.75) is 20.3 Å². The Morgan fingerprint density at radius 1 is 1.43 bits per heavy atom. The lowest BCUT2D eigenvalue weighted by molar-refractivity contribution is 1.10. The van der Waals surface area contributed by atoms with Crippen molar-refractivity contribution in [1.29, 1.82) is 4.78 Å². The summed E-state index contributed by atoms with van der Waals surface area (Å²) >= 11 is 0. The lowest BCUT2D eigenvalue weighted by Crippen LogP contribution is -1.94. The Hall–Kier alpha value is 0.150. The third kappa shape index (κ3) is 3.99. The molecular weight excluding hydrogens is 106 g/mol. The zero-order valence-electron chi connectivity index (χ0n) is 5.03. The van der Waals surface area contributed by atoms with Gasteiger partial charge in [-0.15, -0.1) is 10.7 Å². The van der Waals surface area contributed by atoms with Gasteiger partial charge < -0.3 is 0 Å². The van der Waals surface area contributed by atoms with E-state index < -0.39 is 0 Å². The second kappa shape index (κ2) is 4.31. The van der Waals surface area contributed by atoms with Gasteiger partial charge in [-0.2, -0.15) is 0 Å². The van der Waals surface area contributed by atoms with Crippen LogP contribution in [0, 0.1) is 4.78 Å². The van der Waals surface area contributed by atoms with E-state index in [1.165, 1.54) is 6.42 Å². The molecule has 0 rings (SSSR count). The maximum absolute atomic E-state index is 7.25. The van der Waals surface area contributed by atoms with Crippen LogP contribution < -0.4 is 0 Å². The van der Waals surface area contributed by atoms with Gasteiger partial charge in [0, 0.05) is 11.5 Å². The van der Waals surface area contributed by atoms with Crippen LogP contribution >= 0.6 is 0 Å². The minimum Gasteiger partial charge on any atom is -0.280 e. The third-order valence-electron chi connectivity index (χ3n) is 0.799. The predicted molar refractivity (Wildman–Crippen MR) is 35.8 cm³/mol. The standard InChI is InChI=1S/C5H13NS/c1-3-5-7(6)4-2/h6H,3-5H2,1-2H3. The Balaban J connectivity index is 3.00. The van der Waals surface area contributed by atoms with Gasteiger partial charge in [-0.05, 0) is 6.42 Å². The molecule has 1 N–H and O–H groups in total. The first-order valence-corrected chi connectivity index (χ1v) is 4.26. The Morgan fingerprint density at radius 2 is 2.00 bits per heavy atom. The van der Waals surface area contributed by atoms with Gasteiger partial charge in [-0.25, -0.2) is 0 Å². The predicted octanol–water partition coefficient (Wildman–Crippen LogP) is 1.80. The normalized spacial score (nSPS) is 14.0. The molecule has 0 aromatic heterocycles. The first-order chi connectivity index (χ1) is 3.31. The smallest absolute Gasteiger partial charge is 0.00358 e. The maximum atomic E-state index is 7.25. The summed E-state index contributed by atoms with van der Waals surface area (Å²) in [4.78, 5) is 0. The molecule has 0 bridgehead atoms. The van der Waals surface area contributed by atoms with Gasteiger partial charge >= 0.3 is 0 Å². The third-order valence-corrected chi connectivity index (χ3v) is 2.40. The summed E-state index contributed by atoms with van der Waals surface area (Å²) in [5.41, 5.74) is 0. The van der Waals surface area contributed by atoms with E-state index in [0.717, 1.165) is 11.5 Å². The fourth-order valence-electron chi connectivity index (χ4n) is 0.391. The zero-order valence-corrected chi connectivity index (χ0v) is 5.85. The summed E-state index contributed by atoms with van der Waals surface area (Å²) in [6.07, 6.45) is 1.17. The van der Waals surface area contributed by atoms with Crippen LogP contribution in [0.4, 0.5) is 0 Å². The van der Waals surface area contributed by atoms with Crippen LogP contribution in [0.15, 0.2) is 0 Å². The van der Waals surface area contributed by atoms with Gasteiger partial charge in [0.1, 0.15) is 0 Å². The second-order valence-corrected chi connectivity index (χ2v) is 3.46. The molecule has 0 aromatic carbocycles. The molecule has 0 aromatic rings. The van der Waals surface area contributed by atoms with Crippen LogP contribution in [0.2, 0.25) is 0 Å². The number of nitrogens with one attached hydrogen (secondary N) is 1. The summed E-state index contributed by atoms with van der Waals surface area (Å²) in [7, 11) is -0.0270. The first kappa shape index (κ1) is 7.15. The molecule has 44 valence electrons. The fourth-order valence-corrected chi connectivity index (χ4v) is 1.17. The monoisotopic (exact) mass is 119 g/mol. The van der Waals surface area contributed by atoms with Crippen LogP contribution in [-0.4, -0.2) is 11.5 Å². The van der Waals surface area contributed by atoms with Crippen molar-refractivity contribution in [3.8, 4) is 0 Å². The van der Waals surface area contributed by atoms with Crippen LogP contribution in [0.5, 0.6) is 0 Å². The molecule has 0 spiro atoms. The maximum Gasteiger partial charge on any atom is 0.00358 e. The zero-order chi connectivity index (χ0) is 5.70. The molecule has 7 heavy (non-hydrogen) atoms. The minimum absolute atomic E-state index is 0.0270. The van der Waals surface area contributed by atoms with Gasteiger partial charge in [0.25, 0.3) is 0 Å². The van der Waals surface area contributed by atoms with Gasteiger partial charge in [-0.1, -0.05) is 13.8 Å². The molecule has 1 unspecified atom stereocenters. The van der Waals surface area contributed by atoms with E-state index in [-0.39, 0.29) is 10.7 Å². The molecule has 0 saturated carbocycles. The highest BCUT2D eigenvalue weighted by Gasteiger charge is 1.83. The molecule has 0 amide bonds. The van der Waals surface area contributed by atoms with Gasteiger partial charge in [0.05, 0.1) is 0 Å². The van der Waals surface area contributed by atoms with Gasteiger partial charge in [0.2, 0.25) is 0 Å². The summed E-state index contributed by atoms with van der Waals surface area (Å²) in [6.45, 7) is 4.20. The van der Waals surface area contributed by atoms with Crippen LogP contribution in [0.3, 0.4) is 0 Å². The van der Waals surface area contributed by atoms with Gasteiger partial charge in [-0.3, -0.25) is 4.78 Å². The summed E-state index contributed by atoms with van der Waals surface area (Å²) in [6, 6.07) is 0. The Kier molecular flexibility index (Phi) is 4.41. The average molecular weight is 119 g/mol. The molecule has 0 aliphatic rings. The lowest BCUT2D eigenvalue weighted by Gasteiger charge is -1.94. The van der Waals surface area contributed by atoms with Crippen LogP contribution in [0.25, 0.3) is 0 Å². The van der Waals surface area contributed by atoms with Crippen LogP contribution in [0.1, 0.15) is 20.3 Å². The van der Waals surface area contributed by atoms with Crippen molar-refractivity contribution in [2.75, 3.05) is 11.5 Å². The van der Waals surface area contributed by atoms with Crippen molar-refractivity contribution in [3.63, 3.8) is 0 Å². The number of rotatable bonds is 3. The molecule has 0 fully saturated rings. The topological polar surface area (TPSA) is 23.9 Å². The Morgan fingerprint density at radius 3 is 2.14 bits per heavy atom. The number of hydrogen-bond donors (Lipinski definition) is 1. The Labute approximate surface area is 48.0 Å². The van der Waals surface area contributed by atoms with E-state index in [2.05, 4.69) is 13.8 Å². The first-order valence-electron chi connectivity index (χ1n) is 2.70.